The summed E-state index contributed by atoms with van der Waals surface area (Å²) in [6.07, 6.45) is 0. The summed E-state index contributed by atoms with van der Waals surface area (Å²) < 4.78 is 6.09. The van der Waals surface area contributed by atoms with Gasteiger partial charge in [-0.1, -0.05) is 121 Å². The molecule has 0 aliphatic rings. The largest absolute Gasteiger partial charge is 0.459 e. The lowest BCUT2D eigenvalue weighted by atomic mass is 9.96. The fourth-order valence-corrected chi connectivity index (χ4v) is 6.04. The van der Waals surface area contributed by atoms with Crippen molar-refractivity contribution < 1.29 is 9.53 Å². The summed E-state index contributed by atoms with van der Waals surface area (Å²) in [5.74, 6) is 0.531. The Labute approximate surface area is 238 Å². The smallest absolute Gasteiger partial charge is 0.321 e. The third-order valence-corrected chi connectivity index (χ3v) is 7.99. The minimum Gasteiger partial charge on any atom is -0.459 e. The lowest BCUT2D eigenvalue weighted by Crippen LogP contribution is -2.42. The van der Waals surface area contributed by atoms with Gasteiger partial charge in [0.05, 0.1) is 6.04 Å². The summed E-state index contributed by atoms with van der Waals surface area (Å²) in [6.45, 7) is 8.75. The molecular weight excluding hydrogens is 498 g/mol. The van der Waals surface area contributed by atoms with Gasteiger partial charge in [0.15, 0.2) is 0 Å². The van der Waals surface area contributed by atoms with E-state index in [0.29, 0.717) is 12.3 Å². The molecule has 4 aromatic carbocycles. The zero-order valence-corrected chi connectivity index (χ0v) is 24.2. The molecule has 0 unspecified atom stereocenters. The van der Waals surface area contributed by atoms with Gasteiger partial charge in [-0.3, -0.25) is 9.69 Å². The number of hydrogen-bond donors (Lipinski definition) is 0. The number of carbonyl (C=O) groups excluding carboxylic acids is 1. The Kier molecular flexibility index (Phi) is 10.0. The highest BCUT2D eigenvalue weighted by molar-refractivity contribution is 7.99. The van der Waals surface area contributed by atoms with Gasteiger partial charge in [0.1, 0.15) is 10.9 Å². The minimum absolute atomic E-state index is 0.0545. The van der Waals surface area contributed by atoms with E-state index in [-0.39, 0.29) is 18.1 Å². The monoisotopic (exact) mass is 537 g/mol. The van der Waals surface area contributed by atoms with Gasteiger partial charge < -0.3 is 4.74 Å². The molecule has 0 fully saturated rings. The maximum Gasteiger partial charge on any atom is 0.321 e. The molecule has 39 heavy (non-hydrogen) atoms. The van der Waals surface area contributed by atoms with E-state index >= 15 is 0 Å². The number of thioether (sulfide) groups is 1. The second-order valence-corrected chi connectivity index (χ2v) is 12.0. The molecule has 0 spiro atoms. The molecule has 0 saturated carbocycles. The fraction of sp³-hybridized carbons (Fsp3) is 0.286. The van der Waals surface area contributed by atoms with Crippen LogP contribution in [0.3, 0.4) is 0 Å². The van der Waals surface area contributed by atoms with Gasteiger partial charge in [0, 0.05) is 18.3 Å². The molecule has 202 valence electrons. The fourth-order valence-electron chi connectivity index (χ4n) is 4.79. The average Bonchev–Trinajstić information content (AvgIpc) is 2.95. The number of nitrogens with zero attached hydrogens (tertiary/aromatic N) is 1. The van der Waals surface area contributed by atoms with E-state index in [4.69, 9.17) is 4.74 Å². The Bertz CT molecular complexity index is 1270. The van der Waals surface area contributed by atoms with E-state index in [1.54, 1.807) is 11.8 Å². The molecule has 3 nitrogen and oxygen atoms in total. The maximum atomic E-state index is 14.0. The molecule has 0 amide bonds. The highest BCUT2D eigenvalue weighted by atomic mass is 32.2. The van der Waals surface area contributed by atoms with Crippen molar-refractivity contribution >= 4 is 17.7 Å². The van der Waals surface area contributed by atoms with Crippen LogP contribution in [0.1, 0.15) is 62.0 Å². The Hall–Kier alpha value is -3.34. The van der Waals surface area contributed by atoms with Crippen molar-refractivity contribution in [1.82, 2.24) is 4.90 Å². The summed E-state index contributed by atoms with van der Waals surface area (Å²) in [4.78, 5) is 16.5. The number of rotatable bonds is 11. The van der Waals surface area contributed by atoms with Crippen molar-refractivity contribution in [3.8, 4) is 0 Å². The molecule has 0 bridgehead atoms. The predicted molar refractivity (Wildman–Crippen MR) is 163 cm³/mol. The summed E-state index contributed by atoms with van der Waals surface area (Å²) in [5, 5.41) is -0.443. The van der Waals surface area contributed by atoms with Gasteiger partial charge in [-0.05, 0) is 49.9 Å². The molecule has 0 saturated heterocycles. The molecule has 3 atom stereocenters. The Balaban J connectivity index is 1.82. The first-order chi connectivity index (χ1) is 18.8. The zero-order chi connectivity index (χ0) is 27.7. The second kappa shape index (κ2) is 13.6. The van der Waals surface area contributed by atoms with Crippen LogP contribution in [0.4, 0.5) is 0 Å². The highest BCUT2D eigenvalue weighted by Gasteiger charge is 2.39. The van der Waals surface area contributed by atoms with Crippen LogP contribution >= 0.6 is 11.8 Å². The summed E-state index contributed by atoms with van der Waals surface area (Å²) in [7, 11) is 0. The van der Waals surface area contributed by atoms with Crippen LogP contribution in [-0.2, 0) is 21.8 Å². The molecule has 4 heteroatoms. The Morgan fingerprint density at radius 2 is 1.18 bits per heavy atom. The first kappa shape index (κ1) is 28.7. The SMILES string of the molecule is C[C@H](c1ccccc1)N(Cc1ccccc1)[C@H](c1ccccc1)[C@H](SCc1ccccc1)C(=O)OC(C)(C)C. The first-order valence-electron chi connectivity index (χ1n) is 13.6. The van der Waals surface area contributed by atoms with Crippen molar-refractivity contribution in [2.24, 2.45) is 0 Å². The van der Waals surface area contributed by atoms with E-state index in [2.05, 4.69) is 96.8 Å². The van der Waals surface area contributed by atoms with Gasteiger partial charge in [-0.25, -0.2) is 0 Å². The first-order valence-corrected chi connectivity index (χ1v) is 14.6. The predicted octanol–water partition coefficient (Wildman–Crippen LogP) is 8.63. The van der Waals surface area contributed by atoms with Crippen LogP contribution < -0.4 is 0 Å². The van der Waals surface area contributed by atoms with E-state index < -0.39 is 10.9 Å². The summed E-state index contributed by atoms with van der Waals surface area (Å²) >= 11 is 1.66. The Morgan fingerprint density at radius 1 is 0.718 bits per heavy atom. The summed E-state index contributed by atoms with van der Waals surface area (Å²) in [5.41, 5.74) is 4.13. The van der Waals surface area contributed by atoms with Gasteiger partial charge >= 0.3 is 5.97 Å². The third-order valence-electron chi connectivity index (χ3n) is 6.68. The van der Waals surface area contributed by atoms with E-state index in [1.165, 1.54) is 16.7 Å². The normalized spacial score (nSPS) is 14.0. The van der Waals surface area contributed by atoms with Crippen molar-refractivity contribution in [2.75, 3.05) is 0 Å². The molecule has 4 rings (SSSR count). The van der Waals surface area contributed by atoms with Crippen LogP contribution in [-0.4, -0.2) is 21.7 Å². The van der Waals surface area contributed by atoms with Crippen LogP contribution in [0.2, 0.25) is 0 Å². The van der Waals surface area contributed by atoms with Gasteiger partial charge in [-0.2, -0.15) is 0 Å². The lowest BCUT2D eigenvalue weighted by molar-refractivity contribution is -0.155. The van der Waals surface area contributed by atoms with Gasteiger partial charge in [-0.15, -0.1) is 11.8 Å². The number of ether oxygens (including phenoxy) is 1. The van der Waals surface area contributed by atoms with Gasteiger partial charge in [0.25, 0.3) is 0 Å². The van der Waals surface area contributed by atoms with Crippen molar-refractivity contribution in [3.63, 3.8) is 0 Å². The van der Waals surface area contributed by atoms with Crippen molar-refractivity contribution in [3.05, 3.63) is 144 Å². The standard InChI is InChI=1S/C35H39NO2S/c1-27(30-21-13-7-14-22-30)36(25-28-17-9-5-10-18-28)32(31-23-15-8-16-24-31)33(34(37)38-35(2,3)4)39-26-29-19-11-6-12-20-29/h5-24,27,32-33H,25-26H2,1-4H3/t27-,32-,33+/m1/s1. The average molecular weight is 538 g/mol. The van der Waals surface area contributed by atoms with E-state index in [9.17, 15) is 4.79 Å². The molecule has 0 radical (unpaired) electrons. The molecule has 0 N–H and O–H groups in total. The zero-order valence-electron chi connectivity index (χ0n) is 23.4. The van der Waals surface area contributed by atoms with E-state index in [0.717, 1.165) is 5.56 Å². The molecule has 0 heterocycles. The Morgan fingerprint density at radius 3 is 1.69 bits per heavy atom. The number of hydrogen-bond acceptors (Lipinski definition) is 4. The maximum absolute atomic E-state index is 14.0. The molecule has 0 aliphatic carbocycles. The second-order valence-electron chi connectivity index (χ2n) is 10.9. The molecule has 4 aromatic rings. The topological polar surface area (TPSA) is 29.5 Å². The van der Waals surface area contributed by atoms with Crippen LogP contribution in [0.25, 0.3) is 0 Å². The van der Waals surface area contributed by atoms with Crippen molar-refractivity contribution in [1.29, 1.82) is 0 Å². The van der Waals surface area contributed by atoms with Crippen LogP contribution in [0, 0.1) is 0 Å². The van der Waals surface area contributed by atoms with Crippen LogP contribution in [0.15, 0.2) is 121 Å². The quantitative estimate of drug-likeness (QED) is 0.179. The number of carbonyl (C=O) groups is 1. The summed E-state index contributed by atoms with van der Waals surface area (Å²) in [6, 6.07) is 41.7. The third kappa shape index (κ3) is 8.32. The number of esters is 1. The number of benzene rings is 4. The lowest BCUT2D eigenvalue weighted by Gasteiger charge is -2.41. The van der Waals surface area contributed by atoms with Crippen LogP contribution in [0.5, 0.6) is 0 Å². The van der Waals surface area contributed by atoms with Gasteiger partial charge in [0.2, 0.25) is 0 Å². The minimum atomic E-state index is -0.584. The highest BCUT2D eigenvalue weighted by Crippen LogP contribution is 2.41. The van der Waals surface area contributed by atoms with E-state index in [1.807, 2.05) is 57.2 Å². The van der Waals surface area contributed by atoms with Crippen molar-refractivity contribution in [2.45, 2.75) is 62.9 Å². The molecule has 0 aromatic heterocycles. The molecule has 0 aliphatic heterocycles. The molecular formula is C35H39NO2S.